The molecule has 0 saturated heterocycles. The number of hydrogen-bond donors (Lipinski definition) is 2. The Hall–Kier alpha value is -3.67. The van der Waals surface area contributed by atoms with Gasteiger partial charge in [0, 0.05) is 5.69 Å². The van der Waals surface area contributed by atoms with Gasteiger partial charge in [-0.2, -0.15) is 0 Å². The molecule has 1 aromatic heterocycles. The molecule has 1 amide bonds. The summed E-state index contributed by atoms with van der Waals surface area (Å²) in [6.45, 7) is 6.05. The fourth-order valence-corrected chi connectivity index (χ4v) is 2.79. The van der Waals surface area contributed by atoms with Crippen molar-refractivity contribution in [3.8, 4) is 0 Å². The number of amides is 1. The van der Waals surface area contributed by atoms with Crippen molar-refractivity contribution in [3.05, 3.63) is 83.2 Å². The van der Waals surface area contributed by atoms with Crippen LogP contribution in [0.25, 0.3) is 0 Å². The number of nitrogens with zero attached hydrogens (tertiary/aromatic N) is 1. The second-order valence-corrected chi connectivity index (χ2v) is 6.60. The second kappa shape index (κ2) is 9.01. The van der Waals surface area contributed by atoms with Gasteiger partial charge in [0.05, 0.1) is 29.7 Å². The molecule has 2 N–H and O–H groups in total. The molecule has 29 heavy (non-hydrogen) atoms. The number of nitrogens with one attached hydrogen (secondary N) is 2. The van der Waals surface area contributed by atoms with Crippen LogP contribution in [0.2, 0.25) is 0 Å². The first-order valence-corrected chi connectivity index (χ1v) is 9.35. The van der Waals surface area contributed by atoms with Crippen molar-refractivity contribution >= 4 is 28.9 Å². The Labute approximate surface area is 169 Å². The lowest BCUT2D eigenvalue weighted by molar-refractivity contribution is 0.0527. The van der Waals surface area contributed by atoms with Crippen molar-refractivity contribution < 1.29 is 14.3 Å². The van der Waals surface area contributed by atoms with E-state index in [1.165, 1.54) is 0 Å². The van der Waals surface area contributed by atoms with Gasteiger partial charge < -0.3 is 15.4 Å². The third kappa shape index (κ3) is 4.99. The maximum absolute atomic E-state index is 12.6. The fourth-order valence-electron chi connectivity index (χ4n) is 2.79. The molecule has 0 unspecified atom stereocenters. The number of carbonyl (C=O) groups excluding carboxylic acids is 2. The molecule has 0 radical (unpaired) electrons. The van der Waals surface area contributed by atoms with Gasteiger partial charge in [0.15, 0.2) is 0 Å². The van der Waals surface area contributed by atoms with Gasteiger partial charge in [-0.05, 0) is 62.2 Å². The van der Waals surface area contributed by atoms with E-state index in [0.29, 0.717) is 11.3 Å². The monoisotopic (exact) mass is 389 g/mol. The highest BCUT2D eigenvalue weighted by Crippen LogP contribution is 2.22. The minimum absolute atomic E-state index is 0.246. The number of esters is 1. The standard InChI is InChI=1S/C23H23N3O3/c1-4-29-23(28)18-7-5-6-8-19(18)26-22(27)20-12-11-17(14-24-20)25-21-13-15(2)9-10-16(21)3/h5-14,25H,4H2,1-3H3,(H,26,27). The van der Waals surface area contributed by atoms with E-state index < -0.39 is 11.9 Å². The number of anilines is 3. The molecule has 148 valence electrons. The Kier molecular flexibility index (Phi) is 6.24. The minimum Gasteiger partial charge on any atom is -0.462 e. The summed E-state index contributed by atoms with van der Waals surface area (Å²) < 4.78 is 5.03. The summed E-state index contributed by atoms with van der Waals surface area (Å²) in [4.78, 5) is 28.9. The van der Waals surface area contributed by atoms with E-state index in [9.17, 15) is 9.59 Å². The first kappa shape index (κ1) is 20.1. The van der Waals surface area contributed by atoms with Gasteiger partial charge in [-0.1, -0.05) is 24.3 Å². The molecule has 6 nitrogen and oxygen atoms in total. The summed E-state index contributed by atoms with van der Waals surface area (Å²) in [5.41, 5.74) is 4.98. The van der Waals surface area contributed by atoms with Crippen LogP contribution in [0.1, 0.15) is 38.9 Å². The molecule has 0 saturated carbocycles. The molecule has 1 heterocycles. The van der Waals surface area contributed by atoms with E-state index in [4.69, 9.17) is 4.74 Å². The average Bonchev–Trinajstić information content (AvgIpc) is 2.72. The normalized spacial score (nSPS) is 10.3. The molecule has 0 aliphatic heterocycles. The average molecular weight is 389 g/mol. The third-order valence-corrected chi connectivity index (χ3v) is 4.34. The quantitative estimate of drug-likeness (QED) is 0.588. The Balaban J connectivity index is 1.73. The van der Waals surface area contributed by atoms with Crippen LogP contribution in [-0.4, -0.2) is 23.5 Å². The van der Waals surface area contributed by atoms with E-state index in [0.717, 1.165) is 22.5 Å². The van der Waals surface area contributed by atoms with E-state index in [1.54, 1.807) is 49.5 Å². The number of benzene rings is 2. The topological polar surface area (TPSA) is 80.3 Å². The van der Waals surface area contributed by atoms with Gasteiger partial charge >= 0.3 is 5.97 Å². The molecule has 0 fully saturated rings. The first-order valence-electron chi connectivity index (χ1n) is 9.35. The summed E-state index contributed by atoms with van der Waals surface area (Å²) in [5, 5.41) is 6.04. The van der Waals surface area contributed by atoms with Gasteiger partial charge in [0.1, 0.15) is 5.69 Å². The van der Waals surface area contributed by atoms with Crippen molar-refractivity contribution in [2.24, 2.45) is 0 Å². The molecule has 0 bridgehead atoms. The highest BCUT2D eigenvalue weighted by molar-refractivity contribution is 6.07. The number of ether oxygens (including phenoxy) is 1. The fraction of sp³-hybridized carbons (Fsp3) is 0.174. The zero-order valence-corrected chi connectivity index (χ0v) is 16.7. The number of para-hydroxylation sites is 1. The van der Waals surface area contributed by atoms with Crippen LogP contribution in [0.15, 0.2) is 60.8 Å². The molecule has 3 rings (SSSR count). The number of hydrogen-bond acceptors (Lipinski definition) is 5. The van der Waals surface area contributed by atoms with E-state index in [2.05, 4.69) is 27.8 Å². The Morgan fingerprint density at radius 2 is 1.79 bits per heavy atom. The number of rotatable bonds is 6. The van der Waals surface area contributed by atoms with Crippen LogP contribution in [0.5, 0.6) is 0 Å². The van der Waals surface area contributed by atoms with Gasteiger partial charge in [0.25, 0.3) is 5.91 Å². The van der Waals surface area contributed by atoms with E-state index >= 15 is 0 Å². The van der Waals surface area contributed by atoms with Gasteiger partial charge in [0.2, 0.25) is 0 Å². The Morgan fingerprint density at radius 3 is 2.52 bits per heavy atom. The lowest BCUT2D eigenvalue weighted by Crippen LogP contribution is -2.17. The first-order chi connectivity index (χ1) is 14.0. The van der Waals surface area contributed by atoms with Crippen LogP contribution >= 0.6 is 0 Å². The van der Waals surface area contributed by atoms with Crippen LogP contribution in [0.3, 0.4) is 0 Å². The van der Waals surface area contributed by atoms with Gasteiger partial charge in [-0.15, -0.1) is 0 Å². The van der Waals surface area contributed by atoms with Crippen molar-refractivity contribution in [1.82, 2.24) is 4.98 Å². The summed E-state index contributed by atoms with van der Waals surface area (Å²) >= 11 is 0. The van der Waals surface area contributed by atoms with E-state index in [1.807, 2.05) is 19.9 Å². The molecule has 0 aliphatic carbocycles. The molecule has 2 aromatic carbocycles. The van der Waals surface area contributed by atoms with Gasteiger partial charge in [-0.25, -0.2) is 9.78 Å². The van der Waals surface area contributed by atoms with Gasteiger partial charge in [-0.3, -0.25) is 4.79 Å². The largest absolute Gasteiger partial charge is 0.462 e. The summed E-state index contributed by atoms with van der Waals surface area (Å²) in [5.74, 6) is -0.885. The minimum atomic E-state index is -0.482. The second-order valence-electron chi connectivity index (χ2n) is 6.60. The predicted molar refractivity (Wildman–Crippen MR) is 114 cm³/mol. The molecular formula is C23H23N3O3. The molecule has 0 atom stereocenters. The molecular weight excluding hydrogens is 366 g/mol. The Morgan fingerprint density at radius 1 is 1.00 bits per heavy atom. The predicted octanol–water partition coefficient (Wildman–Crippen LogP) is 4.87. The summed E-state index contributed by atoms with van der Waals surface area (Å²) in [6, 6.07) is 16.3. The van der Waals surface area contributed by atoms with Crippen LogP contribution in [0, 0.1) is 13.8 Å². The maximum Gasteiger partial charge on any atom is 0.340 e. The maximum atomic E-state index is 12.6. The third-order valence-electron chi connectivity index (χ3n) is 4.34. The SMILES string of the molecule is CCOC(=O)c1ccccc1NC(=O)c1ccc(Nc2cc(C)ccc2C)cn1. The molecule has 3 aromatic rings. The van der Waals surface area contributed by atoms with Crippen molar-refractivity contribution in [2.45, 2.75) is 20.8 Å². The van der Waals surface area contributed by atoms with E-state index in [-0.39, 0.29) is 12.3 Å². The van der Waals surface area contributed by atoms with Crippen molar-refractivity contribution in [3.63, 3.8) is 0 Å². The summed E-state index contributed by atoms with van der Waals surface area (Å²) in [6.07, 6.45) is 1.61. The van der Waals surface area contributed by atoms with Crippen LogP contribution < -0.4 is 10.6 Å². The number of carbonyl (C=O) groups is 2. The lowest BCUT2D eigenvalue weighted by atomic mass is 10.1. The summed E-state index contributed by atoms with van der Waals surface area (Å²) in [7, 11) is 0. The molecule has 0 aliphatic rings. The Bertz CT molecular complexity index is 1030. The zero-order valence-electron chi connectivity index (χ0n) is 16.7. The number of pyridine rings is 1. The van der Waals surface area contributed by atoms with Crippen LogP contribution in [0.4, 0.5) is 17.1 Å². The van der Waals surface area contributed by atoms with Crippen LogP contribution in [-0.2, 0) is 4.74 Å². The molecule has 0 spiro atoms. The number of aromatic nitrogens is 1. The zero-order chi connectivity index (χ0) is 20.8. The number of aryl methyl sites for hydroxylation is 2. The highest BCUT2D eigenvalue weighted by atomic mass is 16.5. The smallest absolute Gasteiger partial charge is 0.340 e. The highest BCUT2D eigenvalue weighted by Gasteiger charge is 2.15. The van der Waals surface area contributed by atoms with Crippen molar-refractivity contribution in [1.29, 1.82) is 0 Å². The lowest BCUT2D eigenvalue weighted by Gasteiger charge is -2.12. The van der Waals surface area contributed by atoms with Crippen molar-refractivity contribution in [2.75, 3.05) is 17.2 Å². The molecule has 6 heteroatoms.